The zero-order chi connectivity index (χ0) is 24.9. The van der Waals surface area contributed by atoms with Gasteiger partial charge in [0, 0.05) is 23.4 Å². The van der Waals surface area contributed by atoms with Crippen LogP contribution in [-0.2, 0) is 17.5 Å². The monoisotopic (exact) mass is 475 g/mol. The number of hydrogen-bond donors (Lipinski definition) is 1. The molecule has 6 nitrogen and oxygen atoms in total. The van der Waals surface area contributed by atoms with Gasteiger partial charge in [0.1, 0.15) is 5.82 Å². The van der Waals surface area contributed by atoms with Gasteiger partial charge in [0.05, 0.1) is 23.5 Å². The molecule has 0 saturated heterocycles. The van der Waals surface area contributed by atoms with Gasteiger partial charge in [0.25, 0.3) is 5.91 Å². The van der Waals surface area contributed by atoms with E-state index >= 15 is 0 Å². The predicted octanol–water partition coefficient (Wildman–Crippen LogP) is 4.28. The number of alkyl halides is 3. The van der Waals surface area contributed by atoms with Crippen LogP contribution in [0.25, 0.3) is 11.1 Å². The number of benzene rings is 2. The van der Waals surface area contributed by atoms with Gasteiger partial charge >= 0.3 is 6.18 Å². The number of carbonyl (C=O) groups excluding carboxylic acids is 2. The van der Waals surface area contributed by atoms with Crippen molar-refractivity contribution < 1.29 is 32.3 Å². The van der Waals surface area contributed by atoms with E-state index in [2.05, 4.69) is 5.10 Å². The number of aliphatic hydroxyl groups is 1. The van der Waals surface area contributed by atoms with Crippen LogP contribution in [0.1, 0.15) is 39.8 Å². The van der Waals surface area contributed by atoms with E-state index in [4.69, 9.17) is 0 Å². The number of hydrogen-bond acceptors (Lipinski definition) is 4. The van der Waals surface area contributed by atoms with Crippen LogP contribution in [0, 0.1) is 19.7 Å². The lowest BCUT2D eigenvalue weighted by Crippen LogP contribution is -2.48. The summed E-state index contributed by atoms with van der Waals surface area (Å²) in [7, 11) is 0. The van der Waals surface area contributed by atoms with Crippen molar-refractivity contribution in [1.82, 2.24) is 9.78 Å². The molecule has 1 aromatic heterocycles. The minimum atomic E-state index is -4.77. The molecule has 1 atom stereocenters. The maximum atomic E-state index is 14.0. The first-order valence-corrected chi connectivity index (χ1v) is 10.5. The first-order chi connectivity index (χ1) is 15.9. The van der Waals surface area contributed by atoms with Gasteiger partial charge < -0.3 is 10.0 Å². The highest BCUT2D eigenvalue weighted by molar-refractivity contribution is 6.24. The second kappa shape index (κ2) is 8.35. The molecule has 10 heteroatoms. The first-order valence-electron chi connectivity index (χ1n) is 10.5. The van der Waals surface area contributed by atoms with Crippen LogP contribution in [-0.4, -0.2) is 39.2 Å². The molecule has 1 aliphatic heterocycles. The zero-order valence-corrected chi connectivity index (χ0v) is 18.6. The molecule has 0 saturated carbocycles. The number of ketones is 1. The Bertz CT molecular complexity index is 1310. The average molecular weight is 475 g/mol. The molecule has 0 spiro atoms. The molecular formula is C24H21F4N3O3. The summed E-state index contributed by atoms with van der Waals surface area (Å²) in [6, 6.07) is 7.72. The molecule has 3 aromatic rings. The van der Waals surface area contributed by atoms with E-state index in [0.717, 1.165) is 6.07 Å². The molecule has 0 fully saturated rings. The van der Waals surface area contributed by atoms with E-state index in [1.165, 1.54) is 11.0 Å². The van der Waals surface area contributed by atoms with E-state index in [9.17, 15) is 32.3 Å². The van der Waals surface area contributed by atoms with Gasteiger partial charge in [0.15, 0.2) is 6.10 Å². The Labute approximate surface area is 192 Å². The number of fused-ring (bicyclic) bond motifs is 1. The third-order valence-corrected chi connectivity index (χ3v) is 5.96. The minimum Gasteiger partial charge on any atom is -0.376 e. The lowest BCUT2D eigenvalue weighted by molar-refractivity contribution is -0.140. The van der Waals surface area contributed by atoms with Crippen molar-refractivity contribution in [3.8, 4) is 11.1 Å². The summed E-state index contributed by atoms with van der Waals surface area (Å²) >= 11 is 0. The van der Waals surface area contributed by atoms with Crippen LogP contribution in [0.15, 0.2) is 36.4 Å². The van der Waals surface area contributed by atoms with Crippen molar-refractivity contribution in [1.29, 1.82) is 0 Å². The number of aryl methyl sites for hydroxylation is 1. The maximum Gasteiger partial charge on any atom is 0.419 e. The van der Waals surface area contributed by atoms with E-state index in [1.54, 1.807) is 43.7 Å². The average Bonchev–Trinajstić information content (AvgIpc) is 3.04. The number of aliphatic hydroxyl groups excluding tert-OH is 1. The van der Waals surface area contributed by atoms with Crippen LogP contribution >= 0.6 is 0 Å². The van der Waals surface area contributed by atoms with Gasteiger partial charge in [0.2, 0.25) is 5.78 Å². The summed E-state index contributed by atoms with van der Waals surface area (Å²) < 4.78 is 54.0. The molecule has 2 aromatic carbocycles. The SMILES string of the molecule is CCN1C(=O)C(O)C(=O)c2cc(-c3c(C)nn(Cc4ccc(C(F)(F)F)c(F)c4)c3C)ccc21. The summed E-state index contributed by atoms with van der Waals surface area (Å²) in [6.07, 6.45) is -6.54. The largest absolute Gasteiger partial charge is 0.419 e. The van der Waals surface area contributed by atoms with Crippen LogP contribution in [0.4, 0.5) is 23.2 Å². The Morgan fingerprint density at radius 1 is 1.09 bits per heavy atom. The molecule has 1 unspecified atom stereocenters. The lowest BCUT2D eigenvalue weighted by Gasteiger charge is -2.30. The Balaban J connectivity index is 1.71. The quantitative estimate of drug-likeness (QED) is 0.452. The van der Waals surface area contributed by atoms with Crippen LogP contribution in [0.2, 0.25) is 0 Å². The number of rotatable bonds is 4. The third kappa shape index (κ3) is 3.87. The lowest BCUT2D eigenvalue weighted by atomic mass is 9.93. The molecular weight excluding hydrogens is 454 g/mol. The standard InChI is InChI=1S/C24H21F4N3O3/c1-4-30-19-8-6-15(10-16(19)21(32)22(33)23(30)34)20-12(2)29-31(13(20)3)11-14-5-7-17(18(25)9-14)24(26,27)28/h5-10,22,33H,4,11H2,1-3H3. The second-order valence-electron chi connectivity index (χ2n) is 8.10. The molecule has 1 aliphatic rings. The van der Waals surface area contributed by atoms with Gasteiger partial charge in [-0.2, -0.15) is 18.3 Å². The minimum absolute atomic E-state index is 0.0441. The molecule has 34 heavy (non-hydrogen) atoms. The van der Waals surface area contributed by atoms with Crippen molar-refractivity contribution in [3.05, 3.63) is 70.3 Å². The van der Waals surface area contributed by atoms with Crippen LogP contribution in [0.5, 0.6) is 0 Å². The van der Waals surface area contributed by atoms with E-state index in [0.29, 0.717) is 39.8 Å². The third-order valence-electron chi connectivity index (χ3n) is 5.96. The van der Waals surface area contributed by atoms with Gasteiger partial charge in [-0.3, -0.25) is 14.3 Å². The highest BCUT2D eigenvalue weighted by Crippen LogP contribution is 2.35. The van der Waals surface area contributed by atoms with Gasteiger partial charge in [-0.05, 0) is 56.2 Å². The maximum absolute atomic E-state index is 14.0. The fourth-order valence-electron chi connectivity index (χ4n) is 4.30. The molecule has 0 radical (unpaired) electrons. The summed E-state index contributed by atoms with van der Waals surface area (Å²) in [4.78, 5) is 26.1. The number of carbonyl (C=O) groups is 2. The van der Waals surface area contributed by atoms with E-state index in [1.807, 2.05) is 0 Å². The normalized spacial score (nSPS) is 16.2. The fourth-order valence-corrected chi connectivity index (χ4v) is 4.30. The predicted molar refractivity (Wildman–Crippen MR) is 116 cm³/mol. The first kappa shape index (κ1) is 23.6. The van der Waals surface area contributed by atoms with E-state index in [-0.39, 0.29) is 18.7 Å². The van der Waals surface area contributed by atoms with Gasteiger partial charge in [-0.15, -0.1) is 0 Å². The van der Waals surface area contributed by atoms with Crippen LogP contribution < -0.4 is 4.90 Å². The van der Waals surface area contributed by atoms with Crippen molar-refractivity contribution in [2.24, 2.45) is 0 Å². The van der Waals surface area contributed by atoms with Crippen LogP contribution in [0.3, 0.4) is 0 Å². The Kier molecular flexibility index (Phi) is 5.80. The molecule has 1 amide bonds. The molecule has 0 aliphatic carbocycles. The number of anilines is 1. The zero-order valence-electron chi connectivity index (χ0n) is 18.6. The highest BCUT2D eigenvalue weighted by Gasteiger charge is 2.38. The Hall–Kier alpha value is -3.53. The Morgan fingerprint density at radius 2 is 1.79 bits per heavy atom. The number of aromatic nitrogens is 2. The number of nitrogens with zero attached hydrogens (tertiary/aromatic N) is 3. The van der Waals surface area contributed by atoms with Crippen molar-refractivity contribution >= 4 is 17.4 Å². The molecule has 1 N–H and O–H groups in total. The summed E-state index contributed by atoms with van der Waals surface area (Å²) in [5.41, 5.74) is 2.18. The molecule has 178 valence electrons. The van der Waals surface area contributed by atoms with Gasteiger partial charge in [-0.25, -0.2) is 4.39 Å². The van der Waals surface area contributed by atoms with Crippen molar-refractivity contribution in [2.45, 2.75) is 39.6 Å². The summed E-state index contributed by atoms with van der Waals surface area (Å²) in [5, 5.41) is 14.5. The summed E-state index contributed by atoms with van der Waals surface area (Å²) in [6.45, 7) is 5.57. The number of Topliss-reactive ketones (excluding diaryl/α,β-unsaturated/α-hetero) is 1. The van der Waals surface area contributed by atoms with Crippen molar-refractivity contribution in [2.75, 3.05) is 11.4 Å². The molecule has 4 rings (SSSR count). The number of halogens is 4. The second-order valence-corrected chi connectivity index (χ2v) is 8.10. The fraction of sp³-hybridized carbons (Fsp3) is 0.292. The molecule has 2 heterocycles. The highest BCUT2D eigenvalue weighted by atomic mass is 19.4. The summed E-state index contributed by atoms with van der Waals surface area (Å²) in [5.74, 6) is -2.71. The smallest absolute Gasteiger partial charge is 0.376 e. The molecule has 0 bridgehead atoms. The van der Waals surface area contributed by atoms with E-state index < -0.39 is 35.4 Å². The number of likely N-dealkylation sites (N-methyl/N-ethyl adjacent to an activating group) is 1. The van der Waals surface area contributed by atoms with Gasteiger partial charge in [-0.1, -0.05) is 12.1 Å². The topological polar surface area (TPSA) is 75.4 Å². The number of amides is 1. The van der Waals surface area contributed by atoms with Crippen molar-refractivity contribution in [3.63, 3.8) is 0 Å². The Morgan fingerprint density at radius 3 is 2.41 bits per heavy atom.